The molecule has 0 saturated carbocycles. The van der Waals surface area contributed by atoms with E-state index in [1.54, 1.807) is 6.07 Å². The molecule has 0 spiro atoms. The van der Waals surface area contributed by atoms with Gasteiger partial charge in [-0.25, -0.2) is 0 Å². The molecule has 0 amide bonds. The van der Waals surface area contributed by atoms with E-state index in [-0.39, 0.29) is 5.75 Å². The molecule has 1 N–H and O–H groups in total. The lowest BCUT2D eigenvalue weighted by Gasteiger charge is -2.32. The van der Waals surface area contributed by atoms with Crippen molar-refractivity contribution in [2.75, 3.05) is 19.7 Å². The quantitative estimate of drug-likeness (QED) is 0.912. The predicted octanol–water partition coefficient (Wildman–Crippen LogP) is 3.05. The highest BCUT2D eigenvalue weighted by Crippen LogP contribution is 2.28. The SMILES string of the molecule is CCOC1CCCN(Cc2cccc(Cl)c2O)C1. The normalized spacial score (nSPS) is 21.1. The summed E-state index contributed by atoms with van der Waals surface area (Å²) in [6, 6.07) is 5.51. The van der Waals surface area contributed by atoms with Crippen LogP contribution >= 0.6 is 11.6 Å². The smallest absolute Gasteiger partial charge is 0.138 e. The monoisotopic (exact) mass is 269 g/mol. The summed E-state index contributed by atoms with van der Waals surface area (Å²) in [6.45, 7) is 5.51. The molecule has 1 aliphatic heterocycles. The first-order valence-electron chi connectivity index (χ1n) is 6.51. The summed E-state index contributed by atoms with van der Waals surface area (Å²) in [7, 11) is 0. The topological polar surface area (TPSA) is 32.7 Å². The molecule has 0 aliphatic carbocycles. The number of hydrogen-bond acceptors (Lipinski definition) is 3. The van der Waals surface area contributed by atoms with E-state index < -0.39 is 0 Å². The van der Waals surface area contributed by atoms with E-state index in [9.17, 15) is 5.11 Å². The highest BCUT2D eigenvalue weighted by Gasteiger charge is 2.21. The third-order valence-electron chi connectivity index (χ3n) is 3.33. The van der Waals surface area contributed by atoms with Crippen LogP contribution in [0.1, 0.15) is 25.3 Å². The molecule has 0 aromatic heterocycles. The van der Waals surface area contributed by atoms with Crippen LogP contribution in [0.5, 0.6) is 5.75 Å². The molecule has 1 aromatic carbocycles. The van der Waals surface area contributed by atoms with Gasteiger partial charge in [0, 0.05) is 25.3 Å². The maximum atomic E-state index is 9.91. The number of phenolic OH excluding ortho intramolecular Hbond substituents is 1. The van der Waals surface area contributed by atoms with Gasteiger partial charge in [-0.3, -0.25) is 4.90 Å². The fourth-order valence-corrected chi connectivity index (χ4v) is 2.65. The molecule has 3 nitrogen and oxygen atoms in total. The van der Waals surface area contributed by atoms with Crippen LogP contribution < -0.4 is 0 Å². The number of halogens is 1. The number of hydrogen-bond donors (Lipinski definition) is 1. The summed E-state index contributed by atoms with van der Waals surface area (Å²) < 4.78 is 5.67. The Morgan fingerprint density at radius 2 is 2.33 bits per heavy atom. The van der Waals surface area contributed by atoms with Crippen molar-refractivity contribution in [2.45, 2.75) is 32.4 Å². The zero-order chi connectivity index (χ0) is 13.0. The molecule has 100 valence electrons. The van der Waals surface area contributed by atoms with Gasteiger partial charge in [-0.15, -0.1) is 0 Å². The fraction of sp³-hybridized carbons (Fsp3) is 0.571. The average Bonchev–Trinajstić information content (AvgIpc) is 2.36. The summed E-state index contributed by atoms with van der Waals surface area (Å²) in [4.78, 5) is 2.31. The lowest BCUT2D eigenvalue weighted by Crippen LogP contribution is -2.39. The fourth-order valence-electron chi connectivity index (χ4n) is 2.46. The van der Waals surface area contributed by atoms with E-state index in [0.717, 1.165) is 44.6 Å². The minimum Gasteiger partial charge on any atom is -0.506 e. The van der Waals surface area contributed by atoms with Crippen LogP contribution in [-0.2, 0) is 11.3 Å². The number of benzene rings is 1. The van der Waals surface area contributed by atoms with Crippen LogP contribution in [0, 0.1) is 0 Å². The van der Waals surface area contributed by atoms with Gasteiger partial charge in [0.2, 0.25) is 0 Å². The first-order chi connectivity index (χ1) is 8.70. The zero-order valence-corrected chi connectivity index (χ0v) is 11.5. The summed E-state index contributed by atoms with van der Waals surface area (Å²) in [5, 5.41) is 10.3. The van der Waals surface area contributed by atoms with Gasteiger partial charge in [0.05, 0.1) is 11.1 Å². The molecule has 1 aromatic rings. The van der Waals surface area contributed by atoms with Crippen LogP contribution in [0.15, 0.2) is 18.2 Å². The van der Waals surface area contributed by atoms with E-state index in [2.05, 4.69) is 4.90 Å². The highest BCUT2D eigenvalue weighted by molar-refractivity contribution is 6.32. The van der Waals surface area contributed by atoms with Crippen molar-refractivity contribution in [3.8, 4) is 5.75 Å². The molecular weight excluding hydrogens is 250 g/mol. The van der Waals surface area contributed by atoms with Gasteiger partial charge in [0.15, 0.2) is 0 Å². The second kappa shape index (κ2) is 6.41. The van der Waals surface area contributed by atoms with Crippen molar-refractivity contribution in [1.82, 2.24) is 4.90 Å². The van der Waals surface area contributed by atoms with Crippen LogP contribution in [0.3, 0.4) is 0 Å². The van der Waals surface area contributed by atoms with Crippen molar-refractivity contribution in [3.63, 3.8) is 0 Å². The van der Waals surface area contributed by atoms with Crippen molar-refractivity contribution in [1.29, 1.82) is 0 Å². The molecular formula is C14H20ClNO2. The van der Waals surface area contributed by atoms with Gasteiger partial charge >= 0.3 is 0 Å². The van der Waals surface area contributed by atoms with Gasteiger partial charge in [-0.2, -0.15) is 0 Å². The molecule has 4 heteroatoms. The molecule has 1 unspecified atom stereocenters. The van der Waals surface area contributed by atoms with Crippen LogP contribution in [-0.4, -0.2) is 35.8 Å². The Kier molecular flexibility index (Phi) is 4.87. The summed E-state index contributed by atoms with van der Waals surface area (Å²) in [5.74, 6) is 0.206. The lowest BCUT2D eigenvalue weighted by molar-refractivity contribution is 0.00346. The second-order valence-electron chi connectivity index (χ2n) is 4.70. The Balaban J connectivity index is 1.98. The Hall–Kier alpha value is -0.770. The predicted molar refractivity (Wildman–Crippen MR) is 73.0 cm³/mol. The van der Waals surface area contributed by atoms with E-state index in [1.807, 2.05) is 19.1 Å². The minimum absolute atomic E-state index is 0.206. The summed E-state index contributed by atoms with van der Waals surface area (Å²) in [5.41, 5.74) is 0.889. The summed E-state index contributed by atoms with van der Waals surface area (Å²) >= 11 is 5.92. The maximum Gasteiger partial charge on any atom is 0.138 e. The highest BCUT2D eigenvalue weighted by atomic mass is 35.5. The molecule has 1 heterocycles. The van der Waals surface area contributed by atoms with Crippen LogP contribution in [0.25, 0.3) is 0 Å². The average molecular weight is 270 g/mol. The third kappa shape index (κ3) is 3.37. The molecule has 1 atom stereocenters. The first-order valence-corrected chi connectivity index (χ1v) is 6.88. The maximum absolute atomic E-state index is 9.91. The zero-order valence-electron chi connectivity index (χ0n) is 10.7. The number of rotatable bonds is 4. The van der Waals surface area contributed by atoms with E-state index in [1.165, 1.54) is 0 Å². The minimum atomic E-state index is 0.206. The van der Waals surface area contributed by atoms with Crippen molar-refractivity contribution >= 4 is 11.6 Å². The van der Waals surface area contributed by atoms with Crippen LogP contribution in [0.4, 0.5) is 0 Å². The van der Waals surface area contributed by atoms with Crippen molar-refractivity contribution < 1.29 is 9.84 Å². The number of piperidine rings is 1. The van der Waals surface area contributed by atoms with Gasteiger partial charge < -0.3 is 9.84 Å². The van der Waals surface area contributed by atoms with E-state index >= 15 is 0 Å². The van der Waals surface area contributed by atoms with Gasteiger partial charge in [0.1, 0.15) is 5.75 Å². The molecule has 1 fully saturated rings. The largest absolute Gasteiger partial charge is 0.506 e. The second-order valence-corrected chi connectivity index (χ2v) is 5.11. The molecule has 0 bridgehead atoms. The number of phenols is 1. The van der Waals surface area contributed by atoms with E-state index in [0.29, 0.717) is 11.1 Å². The Morgan fingerprint density at radius 1 is 1.50 bits per heavy atom. The van der Waals surface area contributed by atoms with Gasteiger partial charge in [0.25, 0.3) is 0 Å². The first kappa shape index (κ1) is 13.7. The van der Waals surface area contributed by atoms with Crippen molar-refractivity contribution in [3.05, 3.63) is 28.8 Å². The molecule has 1 aliphatic rings. The number of aromatic hydroxyl groups is 1. The van der Waals surface area contributed by atoms with Gasteiger partial charge in [-0.05, 0) is 32.4 Å². The molecule has 0 radical (unpaired) electrons. The van der Waals surface area contributed by atoms with Crippen molar-refractivity contribution in [2.24, 2.45) is 0 Å². The number of ether oxygens (including phenoxy) is 1. The number of para-hydroxylation sites is 1. The Labute approximate surface area is 113 Å². The third-order valence-corrected chi connectivity index (χ3v) is 3.63. The van der Waals surface area contributed by atoms with Crippen LogP contribution in [0.2, 0.25) is 5.02 Å². The molecule has 2 rings (SSSR count). The Morgan fingerprint density at radius 3 is 3.11 bits per heavy atom. The Bertz CT molecular complexity index is 395. The summed E-state index contributed by atoms with van der Waals surface area (Å²) in [6.07, 6.45) is 2.60. The lowest BCUT2D eigenvalue weighted by atomic mass is 10.1. The van der Waals surface area contributed by atoms with Gasteiger partial charge in [-0.1, -0.05) is 23.7 Å². The molecule has 1 saturated heterocycles. The molecule has 18 heavy (non-hydrogen) atoms. The number of likely N-dealkylation sites (tertiary alicyclic amines) is 1. The van der Waals surface area contributed by atoms with E-state index in [4.69, 9.17) is 16.3 Å². The number of nitrogens with zero attached hydrogens (tertiary/aromatic N) is 1. The standard InChI is InChI=1S/C14H20ClNO2/c1-2-18-12-6-4-8-16(10-12)9-11-5-3-7-13(15)14(11)17/h3,5,7,12,17H,2,4,6,8-10H2,1H3.